The number of hydrogen-bond acceptors (Lipinski definition) is 2. The second kappa shape index (κ2) is 14.1. The van der Waals surface area contributed by atoms with E-state index in [-0.39, 0.29) is 0 Å². The van der Waals surface area contributed by atoms with Crippen molar-refractivity contribution >= 4 is 60.5 Å². The molecule has 1 aromatic heterocycles. The molecule has 0 aliphatic carbocycles. The number of rotatable bonds is 7. The van der Waals surface area contributed by atoms with E-state index in [1.165, 1.54) is 49.5 Å². The molecule has 0 aliphatic heterocycles. The van der Waals surface area contributed by atoms with Gasteiger partial charge in [0.15, 0.2) is 0 Å². The van der Waals surface area contributed by atoms with Crippen LogP contribution in [0.1, 0.15) is 0 Å². The number of anilines is 3. The summed E-state index contributed by atoms with van der Waals surface area (Å²) in [5, 5.41) is 7.06. The summed E-state index contributed by atoms with van der Waals surface area (Å²) in [7, 11) is 0. The second-order valence-corrected chi connectivity index (χ2v) is 14.9. The van der Waals surface area contributed by atoms with Gasteiger partial charge in [0.05, 0.1) is 0 Å². The Balaban J connectivity index is 1.01. The fourth-order valence-electron chi connectivity index (χ4n) is 8.54. The molecule has 0 bridgehead atoms. The zero-order chi connectivity index (χ0) is 38.4. The molecular formula is C56H37NO. The number of hydrogen-bond donors (Lipinski definition) is 0. The van der Waals surface area contributed by atoms with Gasteiger partial charge in [-0.25, -0.2) is 0 Å². The van der Waals surface area contributed by atoms with Crippen molar-refractivity contribution in [2.75, 3.05) is 4.90 Å². The van der Waals surface area contributed by atoms with E-state index in [9.17, 15) is 0 Å². The minimum Gasteiger partial charge on any atom is -0.455 e. The van der Waals surface area contributed by atoms with Crippen molar-refractivity contribution in [1.82, 2.24) is 0 Å². The predicted octanol–water partition coefficient (Wildman–Crippen LogP) is 16.0. The summed E-state index contributed by atoms with van der Waals surface area (Å²) in [5.41, 5.74) is 14.5. The molecule has 0 aliphatic rings. The summed E-state index contributed by atoms with van der Waals surface area (Å²) >= 11 is 0. The minimum absolute atomic E-state index is 0.898. The van der Waals surface area contributed by atoms with Crippen LogP contribution < -0.4 is 4.90 Å². The number of fused-ring (bicyclic) bond motifs is 6. The van der Waals surface area contributed by atoms with Crippen LogP contribution >= 0.6 is 0 Å². The van der Waals surface area contributed by atoms with Crippen molar-refractivity contribution in [1.29, 1.82) is 0 Å². The summed E-state index contributed by atoms with van der Waals surface area (Å²) in [5.74, 6) is 0. The third kappa shape index (κ3) is 6.00. The van der Waals surface area contributed by atoms with Gasteiger partial charge in [-0.05, 0) is 121 Å². The average Bonchev–Trinajstić information content (AvgIpc) is 3.70. The molecule has 58 heavy (non-hydrogen) atoms. The zero-order valence-electron chi connectivity index (χ0n) is 31.7. The largest absolute Gasteiger partial charge is 0.455 e. The third-order valence-electron chi connectivity index (χ3n) is 11.4. The number of nitrogens with zero attached hydrogens (tertiary/aromatic N) is 1. The van der Waals surface area contributed by atoms with Crippen LogP contribution in [0.15, 0.2) is 229 Å². The van der Waals surface area contributed by atoms with Gasteiger partial charge < -0.3 is 9.32 Å². The van der Waals surface area contributed by atoms with Gasteiger partial charge in [0, 0.05) is 33.2 Å². The first kappa shape index (κ1) is 33.6. The van der Waals surface area contributed by atoms with Gasteiger partial charge in [0.2, 0.25) is 0 Å². The molecule has 11 rings (SSSR count). The quantitative estimate of drug-likeness (QED) is 0.162. The van der Waals surface area contributed by atoms with Gasteiger partial charge in [-0.1, -0.05) is 164 Å². The molecule has 0 radical (unpaired) electrons. The SMILES string of the molecule is c1ccc(-c2cccc(-c3ccc(N(c4ccc(-c5cccc6oc7c8ccccc8ccc7c56)cc4)c4cccc(-c5ccc6ccccc6c5)c4)cc3)c2)cc1. The third-order valence-corrected chi connectivity index (χ3v) is 11.4. The normalized spacial score (nSPS) is 11.4. The summed E-state index contributed by atoms with van der Waals surface area (Å²) < 4.78 is 6.54. The van der Waals surface area contributed by atoms with Gasteiger partial charge in [0.25, 0.3) is 0 Å². The molecular weight excluding hydrogens is 703 g/mol. The molecule has 1 heterocycles. The number of benzene rings is 10. The minimum atomic E-state index is 0.898. The molecule has 272 valence electrons. The molecule has 11 aromatic rings. The van der Waals surface area contributed by atoms with E-state index in [1.54, 1.807) is 0 Å². The van der Waals surface area contributed by atoms with Crippen molar-refractivity contribution in [3.63, 3.8) is 0 Å². The highest BCUT2D eigenvalue weighted by Gasteiger charge is 2.17. The molecule has 0 atom stereocenters. The van der Waals surface area contributed by atoms with E-state index in [2.05, 4.69) is 229 Å². The average molecular weight is 740 g/mol. The maximum Gasteiger partial charge on any atom is 0.143 e. The highest BCUT2D eigenvalue weighted by molar-refractivity contribution is 6.19. The molecule has 2 heteroatoms. The molecule has 0 saturated carbocycles. The van der Waals surface area contributed by atoms with Crippen LogP contribution in [0.4, 0.5) is 17.1 Å². The Kier molecular flexibility index (Phi) is 8.19. The Morgan fingerprint density at radius 1 is 0.293 bits per heavy atom. The zero-order valence-corrected chi connectivity index (χ0v) is 31.7. The van der Waals surface area contributed by atoms with Crippen molar-refractivity contribution in [3.8, 4) is 44.5 Å². The Morgan fingerprint density at radius 2 is 0.845 bits per heavy atom. The van der Waals surface area contributed by atoms with Gasteiger partial charge in [0.1, 0.15) is 11.2 Å². The van der Waals surface area contributed by atoms with Crippen LogP contribution in [0, 0.1) is 0 Å². The molecule has 0 saturated heterocycles. The smallest absolute Gasteiger partial charge is 0.143 e. The van der Waals surface area contributed by atoms with Crippen molar-refractivity contribution in [2.24, 2.45) is 0 Å². The fourth-order valence-corrected chi connectivity index (χ4v) is 8.54. The Bertz CT molecular complexity index is 3270. The van der Waals surface area contributed by atoms with E-state index >= 15 is 0 Å². The van der Waals surface area contributed by atoms with Crippen LogP contribution in [-0.2, 0) is 0 Å². The lowest BCUT2D eigenvalue weighted by Gasteiger charge is -2.26. The van der Waals surface area contributed by atoms with Crippen LogP contribution in [0.2, 0.25) is 0 Å². The summed E-state index contributed by atoms with van der Waals surface area (Å²) in [6, 6.07) is 80.7. The van der Waals surface area contributed by atoms with Gasteiger partial charge in [-0.15, -0.1) is 0 Å². The van der Waals surface area contributed by atoms with E-state index in [0.717, 1.165) is 55.5 Å². The summed E-state index contributed by atoms with van der Waals surface area (Å²) in [6.45, 7) is 0. The molecule has 0 fully saturated rings. The molecule has 10 aromatic carbocycles. The lowest BCUT2D eigenvalue weighted by molar-refractivity contribution is 0.673. The van der Waals surface area contributed by atoms with Crippen LogP contribution in [0.25, 0.3) is 88.0 Å². The van der Waals surface area contributed by atoms with E-state index in [1.807, 2.05) is 0 Å². The molecule has 0 spiro atoms. The monoisotopic (exact) mass is 739 g/mol. The Labute approximate surface area is 337 Å². The van der Waals surface area contributed by atoms with E-state index in [4.69, 9.17) is 4.42 Å². The predicted molar refractivity (Wildman–Crippen MR) is 245 cm³/mol. The molecule has 0 unspecified atom stereocenters. The highest BCUT2D eigenvalue weighted by atomic mass is 16.3. The van der Waals surface area contributed by atoms with Crippen LogP contribution in [0.3, 0.4) is 0 Å². The molecule has 0 N–H and O–H groups in total. The molecule has 2 nitrogen and oxygen atoms in total. The Hall–Kier alpha value is -7.68. The van der Waals surface area contributed by atoms with Gasteiger partial charge in [-0.3, -0.25) is 0 Å². The van der Waals surface area contributed by atoms with E-state index in [0.29, 0.717) is 0 Å². The van der Waals surface area contributed by atoms with Crippen molar-refractivity contribution in [3.05, 3.63) is 224 Å². The maximum absolute atomic E-state index is 6.54. The summed E-state index contributed by atoms with van der Waals surface area (Å²) in [6.07, 6.45) is 0. The van der Waals surface area contributed by atoms with Gasteiger partial charge in [-0.2, -0.15) is 0 Å². The first-order valence-corrected chi connectivity index (χ1v) is 19.8. The fraction of sp³-hybridized carbons (Fsp3) is 0. The standard InChI is InChI=1S/C56H37NO/c1-2-11-38(12-3-1)44-16-8-17-45(35-44)40-25-30-48(31-26-40)57(50-19-9-18-46(37-50)47-24-23-39-13-4-5-15-43(39)36-47)49-32-27-42(28-33-49)51-21-10-22-54-55(51)53-34-29-41-14-6-7-20-52(41)56(53)58-54/h1-37H. The first-order chi connectivity index (χ1) is 28.7. The number of furan rings is 1. The molecule has 0 amide bonds. The maximum atomic E-state index is 6.54. The topological polar surface area (TPSA) is 16.4 Å². The van der Waals surface area contributed by atoms with E-state index < -0.39 is 0 Å². The second-order valence-electron chi connectivity index (χ2n) is 14.9. The lowest BCUT2D eigenvalue weighted by atomic mass is 9.97. The summed E-state index contributed by atoms with van der Waals surface area (Å²) in [4.78, 5) is 2.36. The van der Waals surface area contributed by atoms with Crippen molar-refractivity contribution in [2.45, 2.75) is 0 Å². The highest BCUT2D eigenvalue weighted by Crippen LogP contribution is 2.42. The Morgan fingerprint density at radius 3 is 1.62 bits per heavy atom. The lowest BCUT2D eigenvalue weighted by Crippen LogP contribution is -2.10. The van der Waals surface area contributed by atoms with Crippen LogP contribution in [0.5, 0.6) is 0 Å². The van der Waals surface area contributed by atoms with Crippen LogP contribution in [-0.4, -0.2) is 0 Å². The van der Waals surface area contributed by atoms with Crippen molar-refractivity contribution < 1.29 is 4.42 Å². The van der Waals surface area contributed by atoms with Gasteiger partial charge >= 0.3 is 0 Å². The first-order valence-electron chi connectivity index (χ1n) is 19.8.